The molecule has 0 saturated carbocycles. The maximum atomic E-state index is 13.8. The number of methoxy groups -OCH3 is 1. The van der Waals surface area contributed by atoms with Crippen LogP contribution in [0.2, 0.25) is 0 Å². The molecule has 3 nitrogen and oxygen atoms in total. The highest BCUT2D eigenvalue weighted by Gasteiger charge is 2.04. The van der Waals surface area contributed by atoms with Gasteiger partial charge in [0.15, 0.2) is 0 Å². The lowest BCUT2D eigenvalue weighted by atomic mass is 10.2. The first-order chi connectivity index (χ1) is 9.72. The molecule has 0 heterocycles. The standard InChI is InChI=1S/C16H18FNO2/c1-3-20-15-6-4-5-13(9-15)18-11-12-7-8-14(19-2)10-16(12)17/h4-10,18H,3,11H2,1-2H3. The Labute approximate surface area is 118 Å². The Morgan fingerprint density at radius 2 is 1.95 bits per heavy atom. The lowest BCUT2D eigenvalue weighted by molar-refractivity contribution is 0.340. The first-order valence-corrected chi connectivity index (χ1v) is 6.52. The minimum atomic E-state index is -0.280. The van der Waals surface area contributed by atoms with E-state index in [9.17, 15) is 4.39 Å². The van der Waals surface area contributed by atoms with Crippen molar-refractivity contribution in [3.05, 3.63) is 53.8 Å². The van der Waals surface area contributed by atoms with Gasteiger partial charge in [-0.3, -0.25) is 0 Å². The molecule has 0 aliphatic heterocycles. The molecule has 2 aromatic rings. The Balaban J connectivity index is 2.03. The van der Waals surface area contributed by atoms with Gasteiger partial charge in [0.2, 0.25) is 0 Å². The van der Waals surface area contributed by atoms with Gasteiger partial charge in [0.1, 0.15) is 17.3 Å². The molecule has 0 aromatic heterocycles. The molecule has 0 atom stereocenters. The van der Waals surface area contributed by atoms with E-state index in [2.05, 4.69) is 5.32 Å². The van der Waals surface area contributed by atoms with Crippen molar-refractivity contribution in [2.45, 2.75) is 13.5 Å². The SMILES string of the molecule is CCOc1cccc(NCc2ccc(OC)cc2F)c1. The Hall–Kier alpha value is -2.23. The van der Waals surface area contributed by atoms with Gasteiger partial charge in [-0.15, -0.1) is 0 Å². The lowest BCUT2D eigenvalue weighted by Gasteiger charge is -2.10. The predicted molar refractivity (Wildman–Crippen MR) is 77.9 cm³/mol. The monoisotopic (exact) mass is 275 g/mol. The number of hydrogen-bond acceptors (Lipinski definition) is 3. The van der Waals surface area contributed by atoms with E-state index >= 15 is 0 Å². The van der Waals surface area contributed by atoms with E-state index in [-0.39, 0.29) is 5.82 Å². The highest BCUT2D eigenvalue weighted by atomic mass is 19.1. The van der Waals surface area contributed by atoms with Gasteiger partial charge in [0, 0.05) is 29.9 Å². The summed E-state index contributed by atoms with van der Waals surface area (Å²) in [5, 5.41) is 3.18. The van der Waals surface area contributed by atoms with Crippen LogP contribution in [-0.4, -0.2) is 13.7 Å². The van der Waals surface area contributed by atoms with E-state index in [0.29, 0.717) is 24.5 Å². The van der Waals surface area contributed by atoms with Crippen LogP contribution in [0.3, 0.4) is 0 Å². The number of nitrogens with one attached hydrogen (secondary N) is 1. The third kappa shape index (κ3) is 3.63. The molecule has 0 amide bonds. The fraction of sp³-hybridized carbons (Fsp3) is 0.250. The highest BCUT2D eigenvalue weighted by Crippen LogP contribution is 2.20. The summed E-state index contributed by atoms with van der Waals surface area (Å²) < 4.78 is 24.2. The molecule has 4 heteroatoms. The van der Waals surface area contributed by atoms with Crippen LogP contribution in [0, 0.1) is 5.82 Å². The average Bonchev–Trinajstić information content (AvgIpc) is 2.46. The largest absolute Gasteiger partial charge is 0.497 e. The van der Waals surface area contributed by atoms with Crippen molar-refractivity contribution in [2.75, 3.05) is 19.0 Å². The normalized spacial score (nSPS) is 10.2. The number of rotatable bonds is 6. The summed E-state index contributed by atoms with van der Waals surface area (Å²) in [6.07, 6.45) is 0. The summed E-state index contributed by atoms with van der Waals surface area (Å²) in [4.78, 5) is 0. The molecule has 0 saturated heterocycles. The summed E-state index contributed by atoms with van der Waals surface area (Å²) in [6, 6.07) is 12.5. The van der Waals surface area contributed by atoms with E-state index in [0.717, 1.165) is 11.4 Å². The van der Waals surface area contributed by atoms with E-state index in [1.165, 1.54) is 13.2 Å². The lowest BCUT2D eigenvalue weighted by Crippen LogP contribution is -2.02. The van der Waals surface area contributed by atoms with Crippen LogP contribution in [0.25, 0.3) is 0 Å². The summed E-state index contributed by atoms with van der Waals surface area (Å²) >= 11 is 0. The fourth-order valence-electron chi connectivity index (χ4n) is 1.86. The maximum absolute atomic E-state index is 13.8. The Bertz CT molecular complexity index is 572. The van der Waals surface area contributed by atoms with Gasteiger partial charge in [0.05, 0.1) is 13.7 Å². The zero-order chi connectivity index (χ0) is 14.4. The number of anilines is 1. The molecule has 20 heavy (non-hydrogen) atoms. The molecular formula is C16H18FNO2. The fourth-order valence-corrected chi connectivity index (χ4v) is 1.86. The summed E-state index contributed by atoms with van der Waals surface area (Å²) in [7, 11) is 1.52. The second kappa shape index (κ2) is 6.80. The Morgan fingerprint density at radius 1 is 1.10 bits per heavy atom. The zero-order valence-electron chi connectivity index (χ0n) is 11.7. The van der Waals surface area contributed by atoms with Gasteiger partial charge < -0.3 is 14.8 Å². The molecule has 2 aromatic carbocycles. The van der Waals surface area contributed by atoms with Gasteiger partial charge in [-0.1, -0.05) is 12.1 Å². The quantitative estimate of drug-likeness (QED) is 0.868. The van der Waals surface area contributed by atoms with Crippen LogP contribution in [0.4, 0.5) is 10.1 Å². The minimum absolute atomic E-state index is 0.280. The molecule has 2 rings (SSSR count). The zero-order valence-corrected chi connectivity index (χ0v) is 11.7. The third-order valence-electron chi connectivity index (χ3n) is 2.89. The summed E-state index contributed by atoms with van der Waals surface area (Å²) in [5.41, 5.74) is 1.48. The maximum Gasteiger partial charge on any atom is 0.131 e. The molecule has 1 N–H and O–H groups in total. The van der Waals surface area contributed by atoms with Crippen molar-refractivity contribution in [2.24, 2.45) is 0 Å². The van der Waals surface area contributed by atoms with E-state index in [1.54, 1.807) is 12.1 Å². The highest BCUT2D eigenvalue weighted by molar-refractivity contribution is 5.48. The Kier molecular flexibility index (Phi) is 4.82. The number of ether oxygens (including phenoxy) is 2. The van der Waals surface area contributed by atoms with Crippen molar-refractivity contribution < 1.29 is 13.9 Å². The predicted octanol–water partition coefficient (Wildman–Crippen LogP) is 3.85. The molecular weight excluding hydrogens is 257 g/mol. The molecule has 0 unspecified atom stereocenters. The van der Waals surface area contributed by atoms with E-state index in [1.807, 2.05) is 31.2 Å². The van der Waals surface area contributed by atoms with Crippen LogP contribution in [0.5, 0.6) is 11.5 Å². The van der Waals surface area contributed by atoms with Crippen molar-refractivity contribution in [3.8, 4) is 11.5 Å². The smallest absolute Gasteiger partial charge is 0.131 e. The molecule has 0 spiro atoms. The summed E-state index contributed by atoms with van der Waals surface area (Å²) in [5.74, 6) is 1.04. The number of halogens is 1. The van der Waals surface area contributed by atoms with Crippen LogP contribution in [0.1, 0.15) is 12.5 Å². The van der Waals surface area contributed by atoms with E-state index in [4.69, 9.17) is 9.47 Å². The Morgan fingerprint density at radius 3 is 2.65 bits per heavy atom. The first-order valence-electron chi connectivity index (χ1n) is 6.52. The average molecular weight is 275 g/mol. The topological polar surface area (TPSA) is 30.5 Å². The van der Waals surface area contributed by atoms with Gasteiger partial charge in [-0.05, 0) is 25.1 Å². The van der Waals surface area contributed by atoms with Crippen LogP contribution >= 0.6 is 0 Å². The molecule has 0 aliphatic rings. The second-order valence-electron chi connectivity index (χ2n) is 4.27. The number of hydrogen-bond donors (Lipinski definition) is 1. The molecule has 0 fully saturated rings. The minimum Gasteiger partial charge on any atom is -0.497 e. The third-order valence-corrected chi connectivity index (χ3v) is 2.89. The molecule has 0 bridgehead atoms. The van der Waals surface area contributed by atoms with E-state index < -0.39 is 0 Å². The van der Waals surface area contributed by atoms with Gasteiger partial charge in [0.25, 0.3) is 0 Å². The van der Waals surface area contributed by atoms with Crippen molar-refractivity contribution in [1.82, 2.24) is 0 Å². The van der Waals surface area contributed by atoms with Crippen molar-refractivity contribution >= 4 is 5.69 Å². The molecule has 0 radical (unpaired) electrons. The van der Waals surface area contributed by atoms with Crippen LogP contribution in [0.15, 0.2) is 42.5 Å². The van der Waals surface area contributed by atoms with Crippen LogP contribution in [-0.2, 0) is 6.54 Å². The van der Waals surface area contributed by atoms with Gasteiger partial charge in [-0.2, -0.15) is 0 Å². The van der Waals surface area contributed by atoms with Crippen LogP contribution < -0.4 is 14.8 Å². The van der Waals surface area contributed by atoms with Gasteiger partial charge in [-0.25, -0.2) is 4.39 Å². The second-order valence-corrected chi connectivity index (χ2v) is 4.27. The molecule has 106 valence electrons. The van der Waals surface area contributed by atoms with Gasteiger partial charge >= 0.3 is 0 Å². The summed E-state index contributed by atoms with van der Waals surface area (Å²) in [6.45, 7) is 2.97. The van der Waals surface area contributed by atoms with Crippen molar-refractivity contribution in [3.63, 3.8) is 0 Å². The van der Waals surface area contributed by atoms with Crippen molar-refractivity contribution in [1.29, 1.82) is 0 Å². The number of benzene rings is 2. The molecule has 0 aliphatic carbocycles. The first kappa shape index (κ1) is 14.2.